The SMILES string of the molecule is O=C(C1CC12CCN(C1CCSCC1)CC2)N1CCN(Cc2cccs2)CC1. The second kappa shape index (κ2) is 8.29. The molecular formula is C22H33N3OS2. The molecule has 0 N–H and O–H groups in total. The zero-order valence-electron chi connectivity index (χ0n) is 16.9. The number of carbonyl (C=O) groups excluding carboxylic acids is 1. The molecule has 4 heterocycles. The molecule has 0 radical (unpaired) electrons. The molecular weight excluding hydrogens is 386 g/mol. The summed E-state index contributed by atoms with van der Waals surface area (Å²) in [5, 5.41) is 2.15. The highest BCUT2D eigenvalue weighted by atomic mass is 32.2. The molecule has 3 saturated heterocycles. The summed E-state index contributed by atoms with van der Waals surface area (Å²) in [6.07, 6.45) is 6.41. The Hall–Kier alpha value is -0.560. The van der Waals surface area contributed by atoms with E-state index in [1.54, 1.807) is 0 Å². The second-order valence-corrected chi connectivity index (χ2v) is 11.4. The topological polar surface area (TPSA) is 26.8 Å². The van der Waals surface area contributed by atoms with Crippen molar-refractivity contribution in [2.45, 2.75) is 44.7 Å². The van der Waals surface area contributed by atoms with Gasteiger partial charge in [0.25, 0.3) is 0 Å². The minimum absolute atomic E-state index is 0.334. The fraction of sp³-hybridized carbons (Fsp3) is 0.773. The Labute approximate surface area is 177 Å². The lowest BCUT2D eigenvalue weighted by Crippen LogP contribution is -2.49. The van der Waals surface area contributed by atoms with Crippen molar-refractivity contribution in [2.75, 3.05) is 50.8 Å². The van der Waals surface area contributed by atoms with Gasteiger partial charge in [-0.3, -0.25) is 9.69 Å². The van der Waals surface area contributed by atoms with Gasteiger partial charge in [0.05, 0.1) is 0 Å². The van der Waals surface area contributed by atoms with E-state index in [1.165, 1.54) is 55.2 Å². The summed E-state index contributed by atoms with van der Waals surface area (Å²) in [4.78, 5) is 22.0. The van der Waals surface area contributed by atoms with E-state index >= 15 is 0 Å². The molecule has 1 unspecified atom stereocenters. The molecule has 1 spiro atoms. The Morgan fingerprint density at radius 1 is 1.07 bits per heavy atom. The predicted octanol–water partition coefficient (Wildman–Crippen LogP) is 3.39. The quantitative estimate of drug-likeness (QED) is 0.747. The standard InChI is InChI=1S/C22H33N3OS2/c26-21(25-11-9-23(10-12-25)17-19-2-1-13-28-19)20-16-22(20)5-7-24(8-6-22)18-3-14-27-15-4-18/h1-2,13,18,20H,3-12,14-17H2. The van der Waals surface area contributed by atoms with Crippen molar-refractivity contribution < 1.29 is 4.79 Å². The van der Waals surface area contributed by atoms with Crippen LogP contribution in [-0.2, 0) is 11.3 Å². The molecule has 3 aliphatic heterocycles. The largest absolute Gasteiger partial charge is 0.340 e. The number of thiophene rings is 1. The molecule has 5 rings (SSSR count). The van der Waals surface area contributed by atoms with Gasteiger partial charge in [0, 0.05) is 49.6 Å². The van der Waals surface area contributed by atoms with Crippen LogP contribution in [0.1, 0.15) is 37.0 Å². The van der Waals surface area contributed by atoms with Crippen molar-refractivity contribution in [3.63, 3.8) is 0 Å². The van der Waals surface area contributed by atoms with E-state index < -0.39 is 0 Å². The number of carbonyl (C=O) groups is 1. The number of hydrogen-bond donors (Lipinski definition) is 0. The average molecular weight is 420 g/mol. The third kappa shape index (κ3) is 4.03. The molecule has 1 saturated carbocycles. The summed E-state index contributed by atoms with van der Waals surface area (Å²) >= 11 is 3.95. The van der Waals surface area contributed by atoms with Gasteiger partial charge >= 0.3 is 0 Å². The minimum atomic E-state index is 0.334. The average Bonchev–Trinajstić information content (AvgIpc) is 3.18. The van der Waals surface area contributed by atoms with Crippen LogP contribution in [0.2, 0.25) is 0 Å². The van der Waals surface area contributed by atoms with Crippen LogP contribution >= 0.6 is 23.1 Å². The molecule has 1 atom stereocenters. The zero-order valence-corrected chi connectivity index (χ0v) is 18.5. The third-order valence-corrected chi connectivity index (χ3v) is 9.54. The lowest BCUT2D eigenvalue weighted by molar-refractivity contribution is -0.135. The van der Waals surface area contributed by atoms with Crippen LogP contribution in [0.15, 0.2) is 17.5 Å². The summed E-state index contributed by atoms with van der Waals surface area (Å²) in [5.41, 5.74) is 0.366. The highest BCUT2D eigenvalue weighted by Crippen LogP contribution is 2.60. The van der Waals surface area contributed by atoms with Crippen molar-refractivity contribution in [3.8, 4) is 0 Å². The van der Waals surface area contributed by atoms with E-state index in [9.17, 15) is 4.79 Å². The number of nitrogens with zero attached hydrogens (tertiary/aromatic N) is 3. The summed E-state index contributed by atoms with van der Waals surface area (Å²) in [6, 6.07) is 5.17. The first-order valence-corrected chi connectivity index (χ1v) is 13.1. The van der Waals surface area contributed by atoms with Crippen LogP contribution in [0.25, 0.3) is 0 Å². The smallest absolute Gasteiger partial charge is 0.226 e. The molecule has 154 valence electrons. The maximum atomic E-state index is 13.1. The normalized spacial score (nSPS) is 29.3. The van der Waals surface area contributed by atoms with Crippen LogP contribution in [0.3, 0.4) is 0 Å². The molecule has 1 amide bonds. The lowest BCUT2D eigenvalue weighted by atomic mass is 9.89. The van der Waals surface area contributed by atoms with E-state index in [-0.39, 0.29) is 0 Å². The predicted molar refractivity (Wildman–Crippen MR) is 118 cm³/mol. The Bertz CT molecular complexity index is 657. The van der Waals surface area contributed by atoms with Crippen molar-refractivity contribution in [1.29, 1.82) is 0 Å². The number of hydrogen-bond acceptors (Lipinski definition) is 5. The highest BCUT2D eigenvalue weighted by molar-refractivity contribution is 7.99. The number of piperidine rings is 1. The number of piperazine rings is 1. The Morgan fingerprint density at radius 2 is 1.82 bits per heavy atom. The zero-order chi connectivity index (χ0) is 19.0. The Morgan fingerprint density at radius 3 is 2.50 bits per heavy atom. The van der Waals surface area contributed by atoms with Crippen molar-refractivity contribution in [3.05, 3.63) is 22.4 Å². The summed E-state index contributed by atoms with van der Waals surface area (Å²) < 4.78 is 0. The minimum Gasteiger partial charge on any atom is -0.340 e. The van der Waals surface area contributed by atoms with Crippen LogP contribution < -0.4 is 0 Å². The van der Waals surface area contributed by atoms with Gasteiger partial charge in [-0.25, -0.2) is 0 Å². The number of amides is 1. The van der Waals surface area contributed by atoms with Crippen molar-refractivity contribution >= 4 is 29.0 Å². The molecule has 0 bridgehead atoms. The maximum absolute atomic E-state index is 13.1. The third-order valence-electron chi connectivity index (χ3n) is 7.63. The summed E-state index contributed by atoms with van der Waals surface area (Å²) in [7, 11) is 0. The van der Waals surface area contributed by atoms with Gasteiger partial charge in [-0.15, -0.1) is 11.3 Å². The molecule has 4 aliphatic rings. The van der Waals surface area contributed by atoms with Gasteiger partial charge in [0.15, 0.2) is 0 Å². The summed E-state index contributed by atoms with van der Waals surface area (Å²) in [5.74, 6) is 3.48. The molecule has 1 aliphatic carbocycles. The Kier molecular flexibility index (Phi) is 5.74. The monoisotopic (exact) mass is 419 g/mol. The van der Waals surface area contributed by atoms with Gasteiger partial charge in [0.1, 0.15) is 0 Å². The molecule has 28 heavy (non-hydrogen) atoms. The first-order chi connectivity index (χ1) is 13.7. The number of rotatable bonds is 4. The van der Waals surface area contributed by atoms with E-state index in [0.717, 1.165) is 45.2 Å². The maximum Gasteiger partial charge on any atom is 0.226 e. The van der Waals surface area contributed by atoms with Crippen molar-refractivity contribution in [2.24, 2.45) is 11.3 Å². The van der Waals surface area contributed by atoms with Gasteiger partial charge in [-0.1, -0.05) is 6.07 Å². The first-order valence-electron chi connectivity index (χ1n) is 11.1. The van der Waals surface area contributed by atoms with Gasteiger partial charge in [-0.05, 0) is 73.6 Å². The van der Waals surface area contributed by atoms with Crippen molar-refractivity contribution in [1.82, 2.24) is 14.7 Å². The van der Waals surface area contributed by atoms with Crippen LogP contribution in [-0.4, -0.2) is 77.4 Å². The highest BCUT2D eigenvalue weighted by Gasteiger charge is 2.59. The number of thioether (sulfide) groups is 1. The van der Waals surface area contributed by atoms with Crippen LogP contribution in [0, 0.1) is 11.3 Å². The van der Waals surface area contributed by atoms with Gasteiger partial charge in [-0.2, -0.15) is 11.8 Å². The molecule has 1 aromatic heterocycles. The molecule has 0 aromatic carbocycles. The molecule has 4 fully saturated rings. The van der Waals surface area contributed by atoms with Crippen LogP contribution in [0.5, 0.6) is 0 Å². The summed E-state index contributed by atoms with van der Waals surface area (Å²) in [6.45, 7) is 7.39. The van der Waals surface area contributed by atoms with Gasteiger partial charge in [0.2, 0.25) is 5.91 Å². The lowest BCUT2D eigenvalue weighted by Gasteiger charge is -2.40. The number of likely N-dealkylation sites (tertiary alicyclic amines) is 1. The Balaban J connectivity index is 1.08. The van der Waals surface area contributed by atoms with Gasteiger partial charge < -0.3 is 9.80 Å². The van der Waals surface area contributed by atoms with Crippen LogP contribution in [0.4, 0.5) is 0 Å². The van der Waals surface area contributed by atoms with E-state index in [2.05, 4.69) is 44.0 Å². The van der Waals surface area contributed by atoms with E-state index in [0.29, 0.717) is 17.2 Å². The first kappa shape index (κ1) is 19.4. The molecule has 4 nitrogen and oxygen atoms in total. The fourth-order valence-electron chi connectivity index (χ4n) is 5.60. The van der Waals surface area contributed by atoms with E-state index in [1.807, 2.05) is 11.3 Å². The van der Waals surface area contributed by atoms with E-state index in [4.69, 9.17) is 0 Å². The molecule has 1 aromatic rings. The molecule has 6 heteroatoms. The second-order valence-electron chi connectivity index (χ2n) is 9.18. The fourth-order valence-corrected chi connectivity index (χ4v) is 7.43.